The van der Waals surface area contributed by atoms with Gasteiger partial charge in [0, 0.05) is 30.2 Å². The van der Waals surface area contributed by atoms with Gasteiger partial charge in [0.05, 0.1) is 6.54 Å². The second kappa shape index (κ2) is 8.15. The number of amides is 1. The highest BCUT2D eigenvalue weighted by Gasteiger charge is 2.25. The predicted molar refractivity (Wildman–Crippen MR) is 127 cm³/mol. The summed E-state index contributed by atoms with van der Waals surface area (Å²) in [6, 6.07) is 18.7. The summed E-state index contributed by atoms with van der Waals surface area (Å²) in [6.07, 6.45) is 1.77. The average Bonchev–Trinajstić information content (AvgIpc) is 3.05. The van der Waals surface area contributed by atoms with E-state index in [1.54, 1.807) is 6.20 Å². The molecule has 0 bridgehead atoms. The van der Waals surface area contributed by atoms with Crippen molar-refractivity contribution in [2.75, 3.05) is 13.2 Å². The van der Waals surface area contributed by atoms with Gasteiger partial charge in [-0.3, -0.25) is 4.79 Å². The van der Waals surface area contributed by atoms with Crippen molar-refractivity contribution in [1.82, 2.24) is 14.5 Å². The number of carbonyl (C=O) groups excluding carboxylic acids is 1. The normalized spacial score (nSPS) is 13.5. The summed E-state index contributed by atoms with van der Waals surface area (Å²) in [5, 5.41) is 0.987. The third-order valence-electron chi connectivity index (χ3n) is 6.36. The first-order chi connectivity index (χ1) is 15.5. The quantitative estimate of drug-likeness (QED) is 0.443. The standard InChI is InChI=1S/C27H27N3O2/c1-4-30-24(16-22-6-5-11-28-26(22)30)27(31)29-12-13-32-25-10-9-21(15-23(25)17-29)20-8-7-18(2)19(3)14-20/h5-11,14-16H,4,12-13,17H2,1-3H3. The molecule has 0 N–H and O–H groups in total. The molecule has 32 heavy (non-hydrogen) atoms. The molecule has 162 valence electrons. The van der Waals surface area contributed by atoms with Crippen molar-refractivity contribution in [1.29, 1.82) is 0 Å². The Bertz CT molecular complexity index is 1320. The summed E-state index contributed by atoms with van der Waals surface area (Å²) in [5.74, 6) is 0.864. The number of rotatable bonds is 3. The molecule has 5 rings (SSSR count). The van der Waals surface area contributed by atoms with Crippen LogP contribution < -0.4 is 4.74 Å². The first kappa shape index (κ1) is 20.3. The molecule has 1 aliphatic rings. The van der Waals surface area contributed by atoms with Crippen LogP contribution in [0.25, 0.3) is 22.2 Å². The summed E-state index contributed by atoms with van der Waals surface area (Å²) in [6.45, 7) is 8.54. The lowest BCUT2D eigenvalue weighted by Gasteiger charge is -2.21. The molecule has 1 amide bonds. The van der Waals surface area contributed by atoms with Gasteiger partial charge >= 0.3 is 0 Å². The topological polar surface area (TPSA) is 47.4 Å². The van der Waals surface area contributed by atoms with E-state index in [2.05, 4.69) is 49.2 Å². The molecule has 3 heterocycles. The fraction of sp³-hybridized carbons (Fsp3) is 0.259. The fourth-order valence-electron chi connectivity index (χ4n) is 4.41. The van der Waals surface area contributed by atoms with Crippen molar-refractivity contribution in [3.63, 3.8) is 0 Å². The van der Waals surface area contributed by atoms with Gasteiger partial charge in [-0.1, -0.05) is 24.3 Å². The van der Waals surface area contributed by atoms with E-state index in [0.717, 1.165) is 27.9 Å². The Morgan fingerprint density at radius 2 is 1.84 bits per heavy atom. The van der Waals surface area contributed by atoms with E-state index in [9.17, 15) is 4.79 Å². The Balaban J connectivity index is 1.49. The number of aromatic nitrogens is 2. The number of ether oxygens (including phenoxy) is 1. The maximum absolute atomic E-state index is 13.6. The van der Waals surface area contributed by atoms with E-state index in [1.807, 2.05) is 40.7 Å². The molecule has 5 nitrogen and oxygen atoms in total. The van der Waals surface area contributed by atoms with Crippen LogP contribution in [0.4, 0.5) is 0 Å². The smallest absolute Gasteiger partial charge is 0.270 e. The SMILES string of the molecule is CCn1c(C(=O)N2CCOc3ccc(-c4ccc(C)c(C)c4)cc3C2)cc2cccnc21. The highest BCUT2D eigenvalue weighted by atomic mass is 16.5. The molecule has 0 atom stereocenters. The Morgan fingerprint density at radius 1 is 1.03 bits per heavy atom. The number of aryl methyl sites for hydroxylation is 3. The van der Waals surface area contributed by atoms with Crippen LogP contribution in [0.2, 0.25) is 0 Å². The van der Waals surface area contributed by atoms with Crippen molar-refractivity contribution in [3.8, 4) is 16.9 Å². The molecule has 0 radical (unpaired) electrons. The lowest BCUT2D eigenvalue weighted by molar-refractivity contribution is 0.0723. The van der Waals surface area contributed by atoms with Gasteiger partial charge in [0.2, 0.25) is 0 Å². The van der Waals surface area contributed by atoms with Gasteiger partial charge in [-0.2, -0.15) is 0 Å². The molecule has 0 spiro atoms. The number of carbonyl (C=O) groups is 1. The summed E-state index contributed by atoms with van der Waals surface area (Å²) in [4.78, 5) is 19.9. The highest BCUT2D eigenvalue weighted by molar-refractivity contribution is 5.98. The molecule has 0 saturated heterocycles. The third kappa shape index (κ3) is 3.54. The minimum Gasteiger partial charge on any atom is -0.491 e. The van der Waals surface area contributed by atoms with E-state index in [1.165, 1.54) is 16.7 Å². The second-order valence-electron chi connectivity index (χ2n) is 8.39. The van der Waals surface area contributed by atoms with Gasteiger partial charge in [-0.15, -0.1) is 0 Å². The lowest BCUT2D eigenvalue weighted by Crippen LogP contribution is -2.33. The zero-order valence-corrected chi connectivity index (χ0v) is 18.8. The first-order valence-electron chi connectivity index (χ1n) is 11.1. The Labute approximate surface area is 188 Å². The minimum atomic E-state index is 0.0119. The van der Waals surface area contributed by atoms with Crippen LogP contribution in [-0.2, 0) is 13.1 Å². The van der Waals surface area contributed by atoms with Gasteiger partial charge in [0.1, 0.15) is 23.7 Å². The van der Waals surface area contributed by atoms with E-state index in [-0.39, 0.29) is 5.91 Å². The molecule has 5 heteroatoms. The zero-order chi connectivity index (χ0) is 22.2. The summed E-state index contributed by atoms with van der Waals surface area (Å²) < 4.78 is 8.00. The van der Waals surface area contributed by atoms with Crippen LogP contribution in [-0.4, -0.2) is 33.5 Å². The molecule has 0 aliphatic carbocycles. The molecular weight excluding hydrogens is 398 g/mol. The van der Waals surface area contributed by atoms with E-state index in [4.69, 9.17) is 4.74 Å². The molecular formula is C27H27N3O2. The summed E-state index contributed by atoms with van der Waals surface area (Å²) in [5.41, 5.74) is 7.42. The number of hydrogen-bond acceptors (Lipinski definition) is 3. The third-order valence-corrected chi connectivity index (χ3v) is 6.36. The Kier molecular flexibility index (Phi) is 5.17. The van der Waals surface area contributed by atoms with Crippen molar-refractivity contribution < 1.29 is 9.53 Å². The van der Waals surface area contributed by atoms with Crippen LogP contribution in [0, 0.1) is 13.8 Å². The Morgan fingerprint density at radius 3 is 2.66 bits per heavy atom. The monoisotopic (exact) mass is 425 g/mol. The highest BCUT2D eigenvalue weighted by Crippen LogP contribution is 2.31. The first-order valence-corrected chi connectivity index (χ1v) is 11.1. The number of benzene rings is 2. The Hall–Kier alpha value is -3.60. The number of pyridine rings is 1. The van der Waals surface area contributed by atoms with Crippen LogP contribution in [0.3, 0.4) is 0 Å². The van der Waals surface area contributed by atoms with Gasteiger partial charge < -0.3 is 14.2 Å². The zero-order valence-electron chi connectivity index (χ0n) is 18.8. The van der Waals surface area contributed by atoms with Crippen molar-refractivity contribution in [3.05, 3.63) is 83.2 Å². The average molecular weight is 426 g/mol. The van der Waals surface area contributed by atoms with Gasteiger partial charge in [-0.25, -0.2) is 4.98 Å². The van der Waals surface area contributed by atoms with Gasteiger partial charge in [0.15, 0.2) is 0 Å². The fourth-order valence-corrected chi connectivity index (χ4v) is 4.41. The van der Waals surface area contributed by atoms with Crippen LogP contribution in [0.15, 0.2) is 60.8 Å². The maximum atomic E-state index is 13.6. The van der Waals surface area contributed by atoms with E-state index >= 15 is 0 Å². The molecule has 2 aromatic carbocycles. The second-order valence-corrected chi connectivity index (χ2v) is 8.39. The van der Waals surface area contributed by atoms with Crippen molar-refractivity contribution >= 4 is 16.9 Å². The summed E-state index contributed by atoms with van der Waals surface area (Å²) >= 11 is 0. The van der Waals surface area contributed by atoms with Crippen molar-refractivity contribution in [2.45, 2.75) is 33.9 Å². The molecule has 2 aromatic heterocycles. The largest absolute Gasteiger partial charge is 0.491 e. The predicted octanol–water partition coefficient (Wildman–Crippen LogP) is 5.37. The summed E-state index contributed by atoms with van der Waals surface area (Å²) in [7, 11) is 0. The lowest BCUT2D eigenvalue weighted by atomic mass is 9.98. The van der Waals surface area contributed by atoms with Crippen LogP contribution in [0.5, 0.6) is 5.75 Å². The van der Waals surface area contributed by atoms with Gasteiger partial charge in [-0.05, 0) is 73.4 Å². The minimum absolute atomic E-state index is 0.0119. The van der Waals surface area contributed by atoms with Gasteiger partial charge in [0.25, 0.3) is 5.91 Å². The molecule has 0 saturated carbocycles. The molecule has 1 aliphatic heterocycles. The van der Waals surface area contributed by atoms with E-state index in [0.29, 0.717) is 31.9 Å². The number of fused-ring (bicyclic) bond motifs is 2. The van der Waals surface area contributed by atoms with Crippen molar-refractivity contribution in [2.24, 2.45) is 0 Å². The molecule has 0 fully saturated rings. The van der Waals surface area contributed by atoms with Crippen LogP contribution >= 0.6 is 0 Å². The maximum Gasteiger partial charge on any atom is 0.270 e. The molecule has 4 aromatic rings. The number of hydrogen-bond donors (Lipinski definition) is 0. The molecule has 0 unspecified atom stereocenters. The van der Waals surface area contributed by atoms with E-state index < -0.39 is 0 Å². The van der Waals surface area contributed by atoms with Crippen LogP contribution in [0.1, 0.15) is 34.1 Å². The number of nitrogens with zero attached hydrogens (tertiary/aromatic N) is 3.